The molecule has 1 aromatic heterocycles. The summed E-state index contributed by atoms with van der Waals surface area (Å²) in [5.41, 5.74) is 4.14. The Balaban J connectivity index is 1.52. The van der Waals surface area contributed by atoms with Crippen LogP contribution in [-0.4, -0.2) is 43.9 Å². The number of nitrogens with one attached hydrogen (secondary N) is 1. The van der Waals surface area contributed by atoms with E-state index in [0.29, 0.717) is 40.7 Å². The van der Waals surface area contributed by atoms with E-state index in [1.165, 1.54) is 0 Å². The van der Waals surface area contributed by atoms with Gasteiger partial charge in [0.1, 0.15) is 5.75 Å². The van der Waals surface area contributed by atoms with Crippen LogP contribution < -0.4 is 14.4 Å². The van der Waals surface area contributed by atoms with Gasteiger partial charge in [0, 0.05) is 35.8 Å². The van der Waals surface area contributed by atoms with Crippen LogP contribution in [0.3, 0.4) is 0 Å². The van der Waals surface area contributed by atoms with Gasteiger partial charge < -0.3 is 14.7 Å². The lowest BCUT2D eigenvalue weighted by Gasteiger charge is -2.22. The van der Waals surface area contributed by atoms with Crippen LogP contribution in [0.15, 0.2) is 41.4 Å². The van der Waals surface area contributed by atoms with Gasteiger partial charge in [0.05, 0.1) is 35.5 Å². The summed E-state index contributed by atoms with van der Waals surface area (Å²) in [4.78, 5) is 2.43. The average molecular weight is 455 g/mol. The number of rotatable bonds is 7. The van der Waals surface area contributed by atoms with Crippen molar-refractivity contribution in [1.29, 1.82) is 0 Å². The minimum atomic E-state index is -3.51. The molecule has 0 saturated heterocycles. The summed E-state index contributed by atoms with van der Waals surface area (Å²) in [6.45, 7) is 2.91. The summed E-state index contributed by atoms with van der Waals surface area (Å²) >= 11 is 0. The van der Waals surface area contributed by atoms with Crippen LogP contribution >= 0.6 is 0 Å². The van der Waals surface area contributed by atoms with Gasteiger partial charge in [-0.3, -0.25) is 0 Å². The molecule has 0 spiro atoms. The molecule has 1 aliphatic carbocycles. The minimum absolute atomic E-state index is 0.303. The Morgan fingerprint density at radius 3 is 2.78 bits per heavy atom. The molecule has 1 atom stereocenters. The van der Waals surface area contributed by atoms with Gasteiger partial charge in [-0.05, 0) is 61.9 Å². The number of hydrogen-bond acceptors (Lipinski definition) is 7. The third-order valence-electron chi connectivity index (χ3n) is 6.23. The number of benzene rings is 2. The lowest BCUT2D eigenvalue weighted by atomic mass is 10.0. The molecule has 9 heteroatoms. The van der Waals surface area contributed by atoms with Gasteiger partial charge in [-0.2, -0.15) is 10.2 Å². The van der Waals surface area contributed by atoms with Crippen molar-refractivity contribution in [3.63, 3.8) is 0 Å². The molecule has 1 aliphatic heterocycles. The fraction of sp³-hybridized carbons (Fsp3) is 0.391. The highest BCUT2D eigenvalue weighted by molar-refractivity contribution is 7.89. The first-order chi connectivity index (χ1) is 15.4. The number of aromatic nitrogens is 2. The van der Waals surface area contributed by atoms with E-state index in [0.717, 1.165) is 41.6 Å². The normalized spacial score (nSPS) is 16.9. The predicted molar refractivity (Wildman–Crippen MR) is 122 cm³/mol. The summed E-state index contributed by atoms with van der Waals surface area (Å²) in [5, 5.41) is 19.5. The first kappa shape index (κ1) is 21.1. The molecule has 0 radical (unpaired) electrons. The lowest BCUT2D eigenvalue weighted by molar-refractivity contribution is 0.194. The number of methoxy groups -OCH3 is 1. The highest BCUT2D eigenvalue weighted by Crippen LogP contribution is 2.40. The van der Waals surface area contributed by atoms with E-state index >= 15 is 0 Å². The van der Waals surface area contributed by atoms with Crippen LogP contribution in [0.1, 0.15) is 37.0 Å². The van der Waals surface area contributed by atoms with Crippen molar-refractivity contribution in [2.45, 2.75) is 37.2 Å². The number of anilines is 2. The zero-order valence-electron chi connectivity index (χ0n) is 18.1. The predicted octanol–water partition coefficient (Wildman–Crippen LogP) is 3.07. The number of aliphatic hydroxyl groups is 1. The summed E-state index contributed by atoms with van der Waals surface area (Å²) in [7, 11) is -1.95. The molecular weight excluding hydrogens is 428 g/mol. The molecule has 1 saturated carbocycles. The van der Waals surface area contributed by atoms with Crippen molar-refractivity contribution in [3.8, 4) is 5.75 Å². The number of ether oxygens (including phenoxy) is 1. The third kappa shape index (κ3) is 3.80. The number of sulfonamides is 1. The van der Waals surface area contributed by atoms with E-state index in [2.05, 4.69) is 19.8 Å². The van der Waals surface area contributed by atoms with Gasteiger partial charge in [-0.25, -0.2) is 13.1 Å². The Hall–Kier alpha value is -2.75. The van der Waals surface area contributed by atoms with Crippen molar-refractivity contribution in [1.82, 2.24) is 14.9 Å². The molecule has 2 aliphatic rings. The first-order valence-electron chi connectivity index (χ1n) is 10.8. The highest BCUT2D eigenvalue weighted by atomic mass is 32.2. The van der Waals surface area contributed by atoms with Crippen LogP contribution in [0, 0.1) is 5.92 Å². The van der Waals surface area contributed by atoms with Gasteiger partial charge in [0.25, 0.3) is 0 Å². The molecule has 32 heavy (non-hydrogen) atoms. The number of hydrogen-bond donors (Lipinski definition) is 2. The molecular formula is C23H26N4O4S. The molecule has 3 aromatic rings. The van der Waals surface area contributed by atoms with Crippen LogP contribution in [-0.2, 0) is 16.4 Å². The van der Waals surface area contributed by atoms with Crippen molar-refractivity contribution < 1.29 is 18.3 Å². The van der Waals surface area contributed by atoms with Crippen molar-refractivity contribution in [2.75, 3.05) is 25.1 Å². The van der Waals surface area contributed by atoms with Gasteiger partial charge in [0.2, 0.25) is 10.0 Å². The van der Waals surface area contributed by atoms with Crippen molar-refractivity contribution in [2.24, 2.45) is 5.92 Å². The second kappa shape index (κ2) is 7.99. The number of aliphatic hydroxyl groups excluding tert-OH is 1. The second-order valence-electron chi connectivity index (χ2n) is 8.50. The zero-order chi connectivity index (χ0) is 22.5. The Morgan fingerprint density at radius 1 is 1.25 bits per heavy atom. The maximum absolute atomic E-state index is 12.7. The summed E-state index contributed by atoms with van der Waals surface area (Å²) in [5.74, 6) is 1.04. The van der Waals surface area contributed by atoms with Crippen LogP contribution in [0.2, 0.25) is 0 Å². The van der Waals surface area contributed by atoms with E-state index in [9.17, 15) is 13.5 Å². The maximum atomic E-state index is 12.7. The monoisotopic (exact) mass is 454 g/mol. The van der Waals surface area contributed by atoms with Gasteiger partial charge in [0.15, 0.2) is 0 Å². The molecule has 8 nitrogen and oxygen atoms in total. The van der Waals surface area contributed by atoms with Gasteiger partial charge >= 0.3 is 0 Å². The molecule has 2 aromatic carbocycles. The van der Waals surface area contributed by atoms with Crippen LogP contribution in [0.5, 0.6) is 5.75 Å². The SMILES string of the molecule is COc1cc2nncc(N3CCc4cc(S(=O)(=O)NCC5CC5)ccc43)c2cc1C(C)O. The van der Waals surface area contributed by atoms with Crippen LogP contribution in [0.25, 0.3) is 10.9 Å². The third-order valence-corrected chi connectivity index (χ3v) is 7.65. The zero-order valence-corrected chi connectivity index (χ0v) is 18.9. The average Bonchev–Trinajstić information content (AvgIpc) is 3.53. The molecule has 1 fully saturated rings. The topological polar surface area (TPSA) is 105 Å². The Morgan fingerprint density at radius 2 is 2.06 bits per heavy atom. The molecule has 2 heterocycles. The number of fused-ring (bicyclic) bond motifs is 2. The van der Waals surface area contributed by atoms with Gasteiger partial charge in [-0.1, -0.05) is 0 Å². The van der Waals surface area contributed by atoms with E-state index in [4.69, 9.17) is 4.74 Å². The van der Waals surface area contributed by atoms with Crippen molar-refractivity contribution in [3.05, 3.63) is 47.7 Å². The maximum Gasteiger partial charge on any atom is 0.240 e. The summed E-state index contributed by atoms with van der Waals surface area (Å²) < 4.78 is 33.5. The lowest BCUT2D eigenvalue weighted by Crippen LogP contribution is -2.25. The molecule has 1 unspecified atom stereocenters. The fourth-order valence-corrected chi connectivity index (χ4v) is 5.40. The molecule has 0 bridgehead atoms. The molecule has 168 valence electrons. The number of nitrogens with zero attached hydrogens (tertiary/aromatic N) is 3. The van der Waals surface area contributed by atoms with E-state index < -0.39 is 16.1 Å². The van der Waals surface area contributed by atoms with E-state index in [1.54, 1.807) is 38.4 Å². The van der Waals surface area contributed by atoms with Gasteiger partial charge in [-0.15, -0.1) is 0 Å². The van der Waals surface area contributed by atoms with E-state index in [1.807, 2.05) is 12.1 Å². The first-order valence-corrected chi connectivity index (χ1v) is 12.3. The Kier molecular flexibility index (Phi) is 5.27. The largest absolute Gasteiger partial charge is 0.496 e. The highest BCUT2D eigenvalue weighted by Gasteiger charge is 2.27. The summed E-state index contributed by atoms with van der Waals surface area (Å²) in [6.07, 6.45) is 3.93. The Bertz CT molecular complexity index is 1290. The molecule has 0 amide bonds. The quantitative estimate of drug-likeness (QED) is 0.565. The Labute approximate surface area is 187 Å². The molecule has 5 rings (SSSR count). The minimum Gasteiger partial charge on any atom is -0.496 e. The standard InChI is InChI=1S/C23H26N4O4S/c1-14(28)18-10-19-20(11-23(18)31-2)26-24-13-22(19)27-8-7-16-9-17(5-6-21(16)27)32(29,30)25-12-15-3-4-15/h5-6,9-11,13-15,25,28H,3-4,7-8,12H2,1-2H3. The fourth-order valence-electron chi connectivity index (χ4n) is 4.24. The van der Waals surface area contributed by atoms with E-state index in [-0.39, 0.29) is 0 Å². The van der Waals surface area contributed by atoms with Crippen molar-refractivity contribution >= 4 is 32.3 Å². The smallest absolute Gasteiger partial charge is 0.240 e. The summed E-state index contributed by atoms with van der Waals surface area (Å²) in [6, 6.07) is 8.96. The second-order valence-corrected chi connectivity index (χ2v) is 10.3. The van der Waals surface area contributed by atoms with Crippen LogP contribution in [0.4, 0.5) is 11.4 Å². The molecule has 2 N–H and O–H groups in total.